The van der Waals surface area contributed by atoms with Crippen LogP contribution < -0.4 is 0 Å². The van der Waals surface area contributed by atoms with Crippen LogP contribution in [-0.4, -0.2) is 9.67 Å². The third kappa shape index (κ3) is 2.74. The lowest BCUT2D eigenvalue weighted by atomic mass is 10.1. The van der Waals surface area contributed by atoms with E-state index >= 15 is 0 Å². The van der Waals surface area contributed by atoms with Crippen LogP contribution in [0.5, 0.6) is 0 Å². The minimum absolute atomic E-state index is 0.247. The Morgan fingerprint density at radius 1 is 1.37 bits per heavy atom. The molecule has 3 rings (SSSR count). The lowest BCUT2D eigenvalue weighted by Crippen LogP contribution is -2.00. The third-order valence-corrected chi connectivity index (χ3v) is 4.46. The van der Waals surface area contributed by atoms with Crippen molar-refractivity contribution in [2.24, 2.45) is 5.92 Å². The predicted molar refractivity (Wildman–Crippen MR) is 75.3 cm³/mol. The van der Waals surface area contributed by atoms with E-state index in [1.54, 1.807) is 6.07 Å². The summed E-state index contributed by atoms with van der Waals surface area (Å²) in [6.07, 6.45) is 5.75. The minimum Gasteiger partial charge on any atom is -0.388 e. The molecule has 1 atom stereocenters. The number of halogens is 2. The summed E-state index contributed by atoms with van der Waals surface area (Å²) >= 11 is 3.27. The Labute approximate surface area is 120 Å². The minimum atomic E-state index is -0.350. The van der Waals surface area contributed by atoms with Crippen molar-refractivity contribution in [2.75, 3.05) is 0 Å². The van der Waals surface area contributed by atoms with E-state index in [2.05, 4.69) is 15.9 Å². The number of aliphatic hydroxyl groups excluding tert-OH is 1. The largest absolute Gasteiger partial charge is 0.388 e. The maximum absolute atomic E-state index is 13.4. The van der Waals surface area contributed by atoms with Crippen LogP contribution in [0, 0.1) is 11.7 Å². The average molecular weight is 324 g/mol. The van der Waals surface area contributed by atoms with E-state index in [4.69, 9.17) is 0 Å². The zero-order chi connectivity index (χ0) is 13.4. The zero-order valence-electron chi connectivity index (χ0n) is 10.4. The van der Waals surface area contributed by atoms with Gasteiger partial charge in [0.15, 0.2) is 0 Å². The molecular weight excluding hydrogens is 309 g/mol. The maximum Gasteiger partial charge on any atom is 0.137 e. The summed E-state index contributed by atoms with van der Waals surface area (Å²) in [4.78, 5) is 0. The lowest BCUT2D eigenvalue weighted by Gasteiger charge is -2.08. The number of benzene rings is 1. The van der Waals surface area contributed by atoms with E-state index in [1.807, 2.05) is 29.1 Å². The van der Waals surface area contributed by atoms with Crippen LogP contribution in [0.3, 0.4) is 0 Å². The van der Waals surface area contributed by atoms with Crippen molar-refractivity contribution >= 4 is 15.9 Å². The van der Waals surface area contributed by atoms with Crippen molar-refractivity contribution in [3.05, 3.63) is 58.1 Å². The highest BCUT2D eigenvalue weighted by atomic mass is 79.9. The molecule has 1 aliphatic carbocycles. The highest BCUT2D eigenvalue weighted by Crippen LogP contribution is 2.40. The second-order valence-corrected chi connectivity index (χ2v) is 5.91. The molecule has 0 amide bonds. The quantitative estimate of drug-likeness (QED) is 0.907. The first-order chi connectivity index (χ1) is 9.15. The molecule has 4 heteroatoms. The molecule has 2 nitrogen and oxygen atoms in total. The molecule has 1 heterocycles. The smallest absolute Gasteiger partial charge is 0.137 e. The maximum atomic E-state index is 13.4. The van der Waals surface area contributed by atoms with E-state index in [0.717, 1.165) is 24.0 Å². The fourth-order valence-electron chi connectivity index (χ4n) is 2.28. The van der Waals surface area contributed by atoms with Gasteiger partial charge in [-0.15, -0.1) is 0 Å². The van der Waals surface area contributed by atoms with Crippen molar-refractivity contribution in [2.45, 2.75) is 25.5 Å². The van der Waals surface area contributed by atoms with Crippen molar-refractivity contribution in [3.63, 3.8) is 0 Å². The summed E-state index contributed by atoms with van der Waals surface area (Å²) < 4.78 is 15.9. The zero-order valence-corrected chi connectivity index (χ0v) is 12.0. The molecule has 1 aliphatic rings. The fraction of sp³-hybridized carbons (Fsp3) is 0.333. The number of aromatic nitrogens is 1. The summed E-state index contributed by atoms with van der Waals surface area (Å²) in [5.74, 6) is 0.180. The Kier molecular flexibility index (Phi) is 3.46. The highest BCUT2D eigenvalue weighted by Gasteiger charge is 2.31. The first kappa shape index (κ1) is 12.9. The van der Waals surface area contributed by atoms with Gasteiger partial charge in [0.05, 0.1) is 10.6 Å². The van der Waals surface area contributed by atoms with Crippen LogP contribution >= 0.6 is 15.9 Å². The first-order valence-electron chi connectivity index (χ1n) is 6.42. The monoisotopic (exact) mass is 323 g/mol. The highest BCUT2D eigenvalue weighted by molar-refractivity contribution is 9.10. The van der Waals surface area contributed by atoms with Gasteiger partial charge in [0.25, 0.3) is 0 Å². The molecule has 1 saturated carbocycles. The van der Waals surface area contributed by atoms with Crippen molar-refractivity contribution in [1.82, 2.24) is 4.57 Å². The van der Waals surface area contributed by atoms with E-state index in [-0.39, 0.29) is 11.9 Å². The third-order valence-electron chi connectivity index (χ3n) is 3.57. The van der Waals surface area contributed by atoms with Crippen molar-refractivity contribution in [3.8, 4) is 0 Å². The summed E-state index contributed by atoms with van der Waals surface area (Å²) in [6, 6.07) is 6.98. The molecule has 1 aromatic carbocycles. The summed E-state index contributed by atoms with van der Waals surface area (Å²) in [7, 11) is 0. The van der Waals surface area contributed by atoms with E-state index in [0.29, 0.717) is 16.9 Å². The molecule has 19 heavy (non-hydrogen) atoms. The molecule has 1 aromatic heterocycles. The van der Waals surface area contributed by atoms with Crippen molar-refractivity contribution in [1.29, 1.82) is 0 Å². The number of hydrogen-bond donors (Lipinski definition) is 1. The normalized spacial score (nSPS) is 16.6. The van der Waals surface area contributed by atoms with Crippen LogP contribution in [0.1, 0.15) is 30.1 Å². The van der Waals surface area contributed by atoms with Crippen LogP contribution in [0.4, 0.5) is 4.39 Å². The van der Waals surface area contributed by atoms with Gasteiger partial charge in [0.1, 0.15) is 5.82 Å². The Hall–Kier alpha value is -1.13. The standard InChI is InChI=1S/C15H15BrFNO/c16-14-11(2-1-3-13(14)17)8-18-7-6-12(9-18)15(19)10-4-5-10/h1-3,6-7,9-10,15,19H,4-5,8H2. The Morgan fingerprint density at radius 3 is 2.89 bits per heavy atom. The summed E-state index contributed by atoms with van der Waals surface area (Å²) in [6.45, 7) is 0.593. The van der Waals surface area contributed by atoms with Crippen LogP contribution in [0.2, 0.25) is 0 Å². The molecule has 100 valence electrons. The SMILES string of the molecule is OC(c1ccn(Cc2cccc(F)c2Br)c1)C1CC1. The molecule has 1 unspecified atom stereocenters. The number of rotatable bonds is 4. The topological polar surface area (TPSA) is 25.2 Å². The summed E-state index contributed by atoms with van der Waals surface area (Å²) in [5, 5.41) is 10.1. The van der Waals surface area contributed by atoms with Gasteiger partial charge in [-0.1, -0.05) is 12.1 Å². The van der Waals surface area contributed by atoms with Gasteiger partial charge in [-0.2, -0.15) is 0 Å². The van der Waals surface area contributed by atoms with Gasteiger partial charge in [0, 0.05) is 18.9 Å². The molecule has 0 radical (unpaired) electrons. The molecule has 0 bridgehead atoms. The van der Waals surface area contributed by atoms with Gasteiger partial charge in [-0.25, -0.2) is 4.39 Å². The Bertz CT molecular complexity index is 592. The van der Waals surface area contributed by atoms with E-state index < -0.39 is 0 Å². The fourth-order valence-corrected chi connectivity index (χ4v) is 2.67. The Morgan fingerprint density at radius 2 is 2.16 bits per heavy atom. The van der Waals surface area contributed by atoms with Crippen molar-refractivity contribution < 1.29 is 9.50 Å². The molecule has 0 aliphatic heterocycles. The van der Waals surface area contributed by atoms with Gasteiger partial charge in [-0.05, 0) is 57.9 Å². The second-order valence-electron chi connectivity index (χ2n) is 5.11. The predicted octanol–water partition coefficient (Wildman–Crippen LogP) is 3.88. The summed E-state index contributed by atoms with van der Waals surface area (Å²) in [5.41, 5.74) is 1.85. The van der Waals surface area contributed by atoms with Gasteiger partial charge < -0.3 is 9.67 Å². The molecular formula is C15H15BrFNO. The number of aliphatic hydroxyl groups is 1. The van der Waals surface area contributed by atoms with Crippen LogP contribution in [0.15, 0.2) is 41.1 Å². The number of hydrogen-bond acceptors (Lipinski definition) is 1. The molecule has 0 spiro atoms. The molecule has 1 N–H and O–H groups in total. The first-order valence-corrected chi connectivity index (χ1v) is 7.21. The molecule has 2 aromatic rings. The lowest BCUT2D eigenvalue weighted by molar-refractivity contribution is 0.154. The Balaban J connectivity index is 1.78. The van der Waals surface area contributed by atoms with Gasteiger partial charge in [0.2, 0.25) is 0 Å². The molecule has 1 fully saturated rings. The second kappa shape index (κ2) is 5.10. The van der Waals surface area contributed by atoms with Gasteiger partial charge >= 0.3 is 0 Å². The van der Waals surface area contributed by atoms with Crippen LogP contribution in [0.25, 0.3) is 0 Å². The van der Waals surface area contributed by atoms with E-state index in [1.165, 1.54) is 6.07 Å². The van der Waals surface area contributed by atoms with E-state index in [9.17, 15) is 9.50 Å². The van der Waals surface area contributed by atoms with Gasteiger partial charge in [-0.3, -0.25) is 0 Å². The molecule has 0 saturated heterocycles. The van der Waals surface area contributed by atoms with Crippen LogP contribution in [-0.2, 0) is 6.54 Å². The average Bonchev–Trinajstić information content (AvgIpc) is 3.14. The number of nitrogens with zero attached hydrogens (tertiary/aromatic N) is 1.